The molecule has 2 atom stereocenters. The van der Waals surface area contributed by atoms with Gasteiger partial charge in [-0.15, -0.1) is 0 Å². The number of rotatable bonds is 6. The number of hydrogen-bond donors (Lipinski definition) is 2. The highest BCUT2D eigenvalue weighted by Gasteiger charge is 2.23. The maximum absolute atomic E-state index is 14.1. The van der Waals surface area contributed by atoms with Crippen LogP contribution in [0.25, 0.3) is 0 Å². The van der Waals surface area contributed by atoms with E-state index in [2.05, 4.69) is 17.1 Å². The van der Waals surface area contributed by atoms with Crippen molar-refractivity contribution in [3.05, 3.63) is 65.0 Å². The van der Waals surface area contributed by atoms with Crippen LogP contribution in [-0.4, -0.2) is 48.2 Å². The van der Waals surface area contributed by atoms with Crippen molar-refractivity contribution in [3.63, 3.8) is 0 Å². The van der Waals surface area contributed by atoms with Gasteiger partial charge in [0.25, 0.3) is 0 Å². The first-order valence-corrected chi connectivity index (χ1v) is 9.14. The standard InChI is InChI=1S/C21H25FN2O3/c1-14-3-4-17(11-19(14)22)20(13-24-10-9-23-15(2)12-24)27-18-7-5-16(6-8-18)21(25)26/h3-8,11,15,20,23H,9-10,12-13H2,1-2H3,(H,25,26)/t15-,20?/m1/s1. The summed E-state index contributed by atoms with van der Waals surface area (Å²) < 4.78 is 20.3. The number of nitrogens with one attached hydrogen (secondary N) is 1. The van der Waals surface area contributed by atoms with Gasteiger partial charge in [-0.1, -0.05) is 12.1 Å². The van der Waals surface area contributed by atoms with Crippen LogP contribution >= 0.6 is 0 Å². The fraction of sp³-hybridized carbons (Fsp3) is 0.381. The molecule has 0 saturated carbocycles. The molecule has 3 rings (SSSR count). The van der Waals surface area contributed by atoms with E-state index in [1.165, 1.54) is 18.2 Å². The molecule has 1 aliphatic rings. The fourth-order valence-electron chi connectivity index (χ4n) is 3.27. The molecule has 0 aliphatic carbocycles. The van der Waals surface area contributed by atoms with E-state index in [0.717, 1.165) is 25.2 Å². The summed E-state index contributed by atoms with van der Waals surface area (Å²) in [6, 6.07) is 11.9. The van der Waals surface area contributed by atoms with Crippen molar-refractivity contribution in [3.8, 4) is 5.75 Å². The molecule has 0 bridgehead atoms. The van der Waals surface area contributed by atoms with Gasteiger partial charge in [-0.3, -0.25) is 4.90 Å². The quantitative estimate of drug-likeness (QED) is 0.815. The lowest BCUT2D eigenvalue weighted by Gasteiger charge is -2.34. The number of halogens is 1. The Kier molecular flexibility index (Phi) is 6.08. The van der Waals surface area contributed by atoms with E-state index in [-0.39, 0.29) is 17.5 Å². The van der Waals surface area contributed by atoms with Gasteiger partial charge in [-0.05, 0) is 55.3 Å². The Morgan fingerprint density at radius 1 is 1.33 bits per heavy atom. The van der Waals surface area contributed by atoms with Crippen LogP contribution in [0.1, 0.15) is 34.5 Å². The molecular weight excluding hydrogens is 347 g/mol. The molecule has 144 valence electrons. The number of carboxylic acid groups (broad SMARTS) is 1. The molecule has 2 aromatic carbocycles. The van der Waals surface area contributed by atoms with E-state index in [1.54, 1.807) is 25.1 Å². The third-order valence-corrected chi connectivity index (χ3v) is 4.82. The Labute approximate surface area is 158 Å². The Hall–Kier alpha value is -2.44. The number of ether oxygens (including phenoxy) is 1. The molecule has 0 spiro atoms. The molecule has 6 heteroatoms. The van der Waals surface area contributed by atoms with Crippen LogP contribution in [0.5, 0.6) is 5.75 Å². The summed E-state index contributed by atoms with van der Waals surface area (Å²) in [4.78, 5) is 13.3. The number of piperazine rings is 1. The minimum atomic E-state index is -0.978. The number of aryl methyl sites for hydroxylation is 1. The van der Waals surface area contributed by atoms with E-state index in [1.807, 2.05) is 6.07 Å². The second-order valence-electron chi connectivity index (χ2n) is 7.06. The zero-order chi connectivity index (χ0) is 19.4. The van der Waals surface area contributed by atoms with Crippen LogP contribution in [0.15, 0.2) is 42.5 Å². The first kappa shape index (κ1) is 19.3. The van der Waals surface area contributed by atoms with Crippen molar-refractivity contribution in [1.82, 2.24) is 10.2 Å². The summed E-state index contributed by atoms with van der Waals surface area (Å²) in [7, 11) is 0. The topological polar surface area (TPSA) is 61.8 Å². The second-order valence-corrected chi connectivity index (χ2v) is 7.06. The van der Waals surface area contributed by atoms with Crippen LogP contribution in [0, 0.1) is 12.7 Å². The lowest BCUT2D eigenvalue weighted by Crippen LogP contribution is -2.50. The summed E-state index contributed by atoms with van der Waals surface area (Å²) in [5.41, 5.74) is 1.57. The molecular formula is C21H25FN2O3. The van der Waals surface area contributed by atoms with Gasteiger partial charge in [-0.2, -0.15) is 0 Å². The van der Waals surface area contributed by atoms with Gasteiger partial charge >= 0.3 is 5.97 Å². The van der Waals surface area contributed by atoms with Crippen LogP contribution in [-0.2, 0) is 0 Å². The maximum atomic E-state index is 14.1. The zero-order valence-electron chi connectivity index (χ0n) is 15.6. The molecule has 0 radical (unpaired) electrons. The van der Waals surface area contributed by atoms with Gasteiger partial charge in [0.15, 0.2) is 0 Å². The Balaban J connectivity index is 1.81. The number of carboxylic acids is 1. The van der Waals surface area contributed by atoms with Gasteiger partial charge in [0.2, 0.25) is 0 Å². The van der Waals surface area contributed by atoms with Crippen molar-refractivity contribution in [1.29, 1.82) is 0 Å². The largest absolute Gasteiger partial charge is 0.484 e. The van der Waals surface area contributed by atoms with Gasteiger partial charge in [-0.25, -0.2) is 9.18 Å². The van der Waals surface area contributed by atoms with Crippen molar-refractivity contribution in [2.75, 3.05) is 26.2 Å². The second kappa shape index (κ2) is 8.50. The summed E-state index contributed by atoms with van der Waals surface area (Å²) in [5.74, 6) is -0.668. The number of carbonyl (C=O) groups is 1. The van der Waals surface area contributed by atoms with E-state index in [4.69, 9.17) is 9.84 Å². The van der Waals surface area contributed by atoms with Gasteiger partial charge in [0.05, 0.1) is 5.56 Å². The average Bonchev–Trinajstić information content (AvgIpc) is 2.64. The first-order chi connectivity index (χ1) is 12.9. The van der Waals surface area contributed by atoms with Crippen LogP contribution < -0.4 is 10.1 Å². The van der Waals surface area contributed by atoms with E-state index < -0.39 is 5.97 Å². The third-order valence-electron chi connectivity index (χ3n) is 4.82. The Morgan fingerprint density at radius 3 is 2.70 bits per heavy atom. The summed E-state index contributed by atoms with van der Waals surface area (Å²) in [6.07, 6.45) is -0.346. The molecule has 1 saturated heterocycles. The SMILES string of the molecule is Cc1ccc(C(CN2CCN[C@H](C)C2)Oc2ccc(C(=O)O)cc2)cc1F. The zero-order valence-corrected chi connectivity index (χ0v) is 15.6. The van der Waals surface area contributed by atoms with Crippen LogP contribution in [0.3, 0.4) is 0 Å². The van der Waals surface area contributed by atoms with E-state index in [0.29, 0.717) is 23.9 Å². The van der Waals surface area contributed by atoms with E-state index in [9.17, 15) is 9.18 Å². The maximum Gasteiger partial charge on any atom is 0.335 e. The molecule has 1 aliphatic heterocycles. The molecule has 5 nitrogen and oxygen atoms in total. The monoisotopic (exact) mass is 372 g/mol. The molecule has 1 heterocycles. The molecule has 0 amide bonds. The lowest BCUT2D eigenvalue weighted by molar-refractivity contribution is 0.0696. The van der Waals surface area contributed by atoms with Crippen molar-refractivity contribution >= 4 is 5.97 Å². The predicted molar refractivity (Wildman–Crippen MR) is 102 cm³/mol. The third kappa shape index (κ3) is 5.05. The number of aromatic carboxylic acids is 1. The molecule has 1 unspecified atom stereocenters. The normalized spacial score (nSPS) is 18.9. The van der Waals surface area contributed by atoms with Crippen molar-refractivity contribution < 1.29 is 19.0 Å². The highest BCUT2D eigenvalue weighted by atomic mass is 19.1. The number of nitrogens with zero attached hydrogens (tertiary/aromatic N) is 1. The molecule has 2 N–H and O–H groups in total. The van der Waals surface area contributed by atoms with Crippen LogP contribution in [0.4, 0.5) is 4.39 Å². The number of hydrogen-bond acceptors (Lipinski definition) is 4. The minimum Gasteiger partial charge on any atom is -0.484 e. The van der Waals surface area contributed by atoms with Gasteiger partial charge < -0.3 is 15.2 Å². The number of benzene rings is 2. The molecule has 2 aromatic rings. The Bertz CT molecular complexity index is 795. The smallest absolute Gasteiger partial charge is 0.335 e. The predicted octanol–water partition coefficient (Wildman–Crippen LogP) is 3.25. The highest BCUT2D eigenvalue weighted by Crippen LogP contribution is 2.25. The lowest BCUT2D eigenvalue weighted by atomic mass is 10.1. The molecule has 1 fully saturated rings. The van der Waals surface area contributed by atoms with Crippen molar-refractivity contribution in [2.45, 2.75) is 26.0 Å². The van der Waals surface area contributed by atoms with Crippen LogP contribution in [0.2, 0.25) is 0 Å². The Morgan fingerprint density at radius 2 is 2.07 bits per heavy atom. The van der Waals surface area contributed by atoms with Crippen molar-refractivity contribution in [2.24, 2.45) is 0 Å². The highest BCUT2D eigenvalue weighted by molar-refractivity contribution is 5.87. The first-order valence-electron chi connectivity index (χ1n) is 9.14. The molecule has 0 aromatic heterocycles. The summed E-state index contributed by atoms with van der Waals surface area (Å²) in [6.45, 7) is 7.21. The van der Waals surface area contributed by atoms with Gasteiger partial charge in [0, 0.05) is 32.2 Å². The summed E-state index contributed by atoms with van der Waals surface area (Å²) >= 11 is 0. The van der Waals surface area contributed by atoms with Gasteiger partial charge in [0.1, 0.15) is 17.7 Å². The minimum absolute atomic E-state index is 0.205. The summed E-state index contributed by atoms with van der Waals surface area (Å²) in [5, 5.41) is 12.4. The average molecular weight is 372 g/mol. The fourth-order valence-corrected chi connectivity index (χ4v) is 3.27. The molecule has 27 heavy (non-hydrogen) atoms. The van der Waals surface area contributed by atoms with E-state index >= 15 is 0 Å².